The van der Waals surface area contributed by atoms with Crippen LogP contribution in [0.4, 0.5) is 0 Å². The molecule has 1 amide bonds. The molecule has 0 aliphatic rings. The first-order valence-electron chi connectivity index (χ1n) is 6.20. The van der Waals surface area contributed by atoms with Gasteiger partial charge in [-0.15, -0.1) is 0 Å². The van der Waals surface area contributed by atoms with Crippen LogP contribution in [0.25, 0.3) is 0 Å². The van der Waals surface area contributed by atoms with E-state index in [-0.39, 0.29) is 10.8 Å². The molecule has 7 heteroatoms. The van der Waals surface area contributed by atoms with Crippen molar-refractivity contribution in [2.75, 3.05) is 34.4 Å². The highest BCUT2D eigenvalue weighted by Crippen LogP contribution is 2.12. The molecule has 112 valence electrons. The quantitative estimate of drug-likeness (QED) is 0.752. The Labute approximate surface area is 119 Å². The predicted octanol–water partition coefficient (Wildman–Crippen LogP) is 0.703. The van der Waals surface area contributed by atoms with Crippen LogP contribution in [0.3, 0.4) is 0 Å². The van der Waals surface area contributed by atoms with Gasteiger partial charge in [0.25, 0.3) is 5.91 Å². The van der Waals surface area contributed by atoms with Gasteiger partial charge in [0.05, 0.1) is 4.90 Å². The lowest BCUT2D eigenvalue weighted by Gasteiger charge is -2.17. The van der Waals surface area contributed by atoms with Gasteiger partial charge in [-0.1, -0.05) is 6.07 Å². The molecule has 0 bridgehead atoms. The van der Waals surface area contributed by atoms with Crippen molar-refractivity contribution in [2.24, 2.45) is 0 Å². The fourth-order valence-corrected chi connectivity index (χ4v) is 2.46. The number of amides is 1. The van der Waals surface area contributed by atoms with Crippen LogP contribution in [0.2, 0.25) is 0 Å². The summed E-state index contributed by atoms with van der Waals surface area (Å²) in [5, 5.41) is 0. The van der Waals surface area contributed by atoms with E-state index in [1.165, 1.54) is 19.2 Å². The Kier molecular flexibility index (Phi) is 6.12. The molecule has 0 saturated carbocycles. The smallest absolute Gasteiger partial charge is 0.253 e. The maximum absolute atomic E-state index is 12.2. The number of rotatable bonds is 7. The van der Waals surface area contributed by atoms with Crippen molar-refractivity contribution in [3.05, 3.63) is 29.8 Å². The van der Waals surface area contributed by atoms with E-state index in [9.17, 15) is 13.2 Å². The monoisotopic (exact) mass is 300 g/mol. The third-order valence-corrected chi connectivity index (χ3v) is 4.26. The standard InChI is InChI=1S/C13H20N2O4S/c1-14-20(17,18)12-7-4-6-11(10-12)13(16)15(2)8-5-9-19-3/h4,6-7,10,14H,5,8-9H2,1-3H3. The summed E-state index contributed by atoms with van der Waals surface area (Å²) in [6, 6.07) is 5.98. The number of ether oxygens (including phenoxy) is 1. The third-order valence-electron chi connectivity index (χ3n) is 2.85. The zero-order valence-corrected chi connectivity index (χ0v) is 12.7. The predicted molar refractivity (Wildman–Crippen MR) is 76.1 cm³/mol. The Hall–Kier alpha value is -1.44. The normalized spacial score (nSPS) is 11.3. The molecule has 20 heavy (non-hydrogen) atoms. The van der Waals surface area contributed by atoms with Crippen molar-refractivity contribution in [3.63, 3.8) is 0 Å². The number of hydrogen-bond acceptors (Lipinski definition) is 4. The van der Waals surface area contributed by atoms with E-state index in [2.05, 4.69) is 4.72 Å². The van der Waals surface area contributed by atoms with E-state index in [1.54, 1.807) is 31.2 Å². The van der Waals surface area contributed by atoms with Crippen LogP contribution in [0, 0.1) is 0 Å². The van der Waals surface area contributed by atoms with Crippen LogP contribution in [0.1, 0.15) is 16.8 Å². The number of nitrogens with one attached hydrogen (secondary N) is 1. The van der Waals surface area contributed by atoms with Crippen molar-refractivity contribution < 1.29 is 17.9 Å². The van der Waals surface area contributed by atoms with E-state index in [4.69, 9.17) is 4.74 Å². The molecule has 0 aliphatic carbocycles. The second-order valence-corrected chi connectivity index (χ2v) is 6.19. The molecule has 0 unspecified atom stereocenters. The molecule has 1 aromatic rings. The Balaban J connectivity index is 2.86. The highest BCUT2D eigenvalue weighted by Gasteiger charge is 2.16. The molecule has 0 aromatic heterocycles. The average Bonchev–Trinajstić information content (AvgIpc) is 2.46. The van der Waals surface area contributed by atoms with Crippen LogP contribution in [-0.4, -0.2) is 53.6 Å². The topological polar surface area (TPSA) is 75.7 Å². The number of carbonyl (C=O) groups excluding carboxylic acids is 1. The molecule has 0 saturated heterocycles. The first-order valence-corrected chi connectivity index (χ1v) is 7.68. The summed E-state index contributed by atoms with van der Waals surface area (Å²) in [5.41, 5.74) is 0.348. The maximum Gasteiger partial charge on any atom is 0.253 e. The molecule has 1 N–H and O–H groups in total. The van der Waals surface area contributed by atoms with Crippen LogP contribution in [0.15, 0.2) is 29.2 Å². The Morgan fingerprint density at radius 3 is 2.70 bits per heavy atom. The molecule has 6 nitrogen and oxygen atoms in total. The molecule has 0 spiro atoms. The van der Waals surface area contributed by atoms with Gasteiger partial charge in [0, 0.05) is 32.9 Å². The number of carbonyl (C=O) groups is 1. The lowest BCUT2D eigenvalue weighted by Crippen LogP contribution is -2.28. The van der Waals surface area contributed by atoms with E-state index in [0.29, 0.717) is 18.7 Å². The molecule has 0 heterocycles. The first-order chi connectivity index (χ1) is 9.42. The van der Waals surface area contributed by atoms with Gasteiger partial charge in [-0.2, -0.15) is 0 Å². The Morgan fingerprint density at radius 2 is 2.10 bits per heavy atom. The zero-order valence-electron chi connectivity index (χ0n) is 11.9. The van der Waals surface area contributed by atoms with Gasteiger partial charge in [0.2, 0.25) is 10.0 Å². The minimum absolute atomic E-state index is 0.0798. The summed E-state index contributed by atoms with van der Waals surface area (Å²) >= 11 is 0. The van der Waals surface area contributed by atoms with Crippen molar-refractivity contribution in [3.8, 4) is 0 Å². The zero-order chi connectivity index (χ0) is 15.2. The van der Waals surface area contributed by atoms with Crippen LogP contribution >= 0.6 is 0 Å². The summed E-state index contributed by atoms with van der Waals surface area (Å²) in [6.45, 7) is 1.13. The molecular formula is C13H20N2O4S. The first kappa shape index (κ1) is 16.6. The molecule has 0 radical (unpaired) electrons. The highest BCUT2D eigenvalue weighted by molar-refractivity contribution is 7.89. The van der Waals surface area contributed by atoms with E-state index < -0.39 is 10.0 Å². The lowest BCUT2D eigenvalue weighted by atomic mass is 10.2. The van der Waals surface area contributed by atoms with Crippen LogP contribution in [0.5, 0.6) is 0 Å². The lowest BCUT2D eigenvalue weighted by molar-refractivity contribution is 0.0779. The summed E-state index contributed by atoms with van der Waals surface area (Å²) in [4.78, 5) is 13.8. The Morgan fingerprint density at radius 1 is 1.40 bits per heavy atom. The number of hydrogen-bond donors (Lipinski definition) is 1. The minimum Gasteiger partial charge on any atom is -0.385 e. The molecule has 0 aliphatic heterocycles. The Bertz CT molecular complexity index is 557. The van der Waals surface area contributed by atoms with E-state index >= 15 is 0 Å². The third kappa shape index (κ3) is 4.29. The second kappa shape index (κ2) is 7.37. The number of nitrogens with zero attached hydrogens (tertiary/aromatic N) is 1. The summed E-state index contributed by atoms with van der Waals surface area (Å²) in [6.07, 6.45) is 0.729. The number of methoxy groups -OCH3 is 1. The van der Waals surface area contributed by atoms with Gasteiger partial charge >= 0.3 is 0 Å². The average molecular weight is 300 g/mol. The van der Waals surface area contributed by atoms with Gasteiger partial charge in [-0.05, 0) is 31.7 Å². The highest BCUT2D eigenvalue weighted by atomic mass is 32.2. The van der Waals surface area contributed by atoms with Crippen LogP contribution in [-0.2, 0) is 14.8 Å². The van der Waals surface area contributed by atoms with Crippen molar-refractivity contribution in [1.82, 2.24) is 9.62 Å². The number of benzene rings is 1. The molecular weight excluding hydrogens is 280 g/mol. The van der Waals surface area contributed by atoms with Crippen LogP contribution < -0.4 is 4.72 Å². The molecule has 0 fully saturated rings. The van der Waals surface area contributed by atoms with Gasteiger partial charge in [0.15, 0.2) is 0 Å². The summed E-state index contributed by atoms with van der Waals surface area (Å²) in [5.74, 6) is -0.214. The molecule has 1 rings (SSSR count). The minimum atomic E-state index is -3.54. The van der Waals surface area contributed by atoms with Gasteiger partial charge < -0.3 is 9.64 Å². The van der Waals surface area contributed by atoms with Gasteiger partial charge in [-0.25, -0.2) is 13.1 Å². The number of sulfonamides is 1. The SMILES string of the molecule is CNS(=O)(=O)c1cccc(C(=O)N(C)CCCOC)c1. The van der Waals surface area contributed by atoms with Crippen molar-refractivity contribution in [2.45, 2.75) is 11.3 Å². The van der Waals surface area contributed by atoms with Gasteiger partial charge in [-0.3, -0.25) is 4.79 Å². The van der Waals surface area contributed by atoms with Crippen molar-refractivity contribution in [1.29, 1.82) is 0 Å². The summed E-state index contributed by atoms with van der Waals surface area (Å²) in [7, 11) is 1.08. The van der Waals surface area contributed by atoms with E-state index in [0.717, 1.165) is 6.42 Å². The maximum atomic E-state index is 12.2. The van der Waals surface area contributed by atoms with Gasteiger partial charge in [0.1, 0.15) is 0 Å². The largest absolute Gasteiger partial charge is 0.385 e. The second-order valence-electron chi connectivity index (χ2n) is 4.31. The fraction of sp³-hybridized carbons (Fsp3) is 0.462. The summed E-state index contributed by atoms with van der Waals surface area (Å²) < 4.78 is 30.6. The van der Waals surface area contributed by atoms with E-state index in [1.807, 2.05) is 0 Å². The fourth-order valence-electron chi connectivity index (χ4n) is 1.68. The molecule has 1 aromatic carbocycles. The molecule has 0 atom stereocenters. The van der Waals surface area contributed by atoms with Crippen molar-refractivity contribution >= 4 is 15.9 Å².